The molecule has 5 aromatic heterocycles. The molecule has 1 aliphatic heterocycles. The van der Waals surface area contributed by atoms with Crippen LogP contribution in [0.3, 0.4) is 0 Å². The third-order valence-electron chi connectivity index (χ3n) is 5.57. The summed E-state index contributed by atoms with van der Waals surface area (Å²) in [5, 5.41) is 13.1. The van der Waals surface area contributed by atoms with Gasteiger partial charge in [-0.25, -0.2) is 4.98 Å². The minimum Gasteiger partial charge on any atom is -0.338 e. The van der Waals surface area contributed by atoms with Gasteiger partial charge in [0.2, 0.25) is 0 Å². The van der Waals surface area contributed by atoms with Gasteiger partial charge < -0.3 is 10.3 Å². The Kier molecular flexibility index (Phi) is 3.92. The van der Waals surface area contributed by atoms with Gasteiger partial charge in [-0.3, -0.25) is 15.1 Å². The molecule has 0 aliphatic carbocycles. The van der Waals surface area contributed by atoms with Crippen molar-refractivity contribution < 1.29 is 0 Å². The van der Waals surface area contributed by atoms with E-state index in [1.807, 2.05) is 30.5 Å². The average molecular weight is 393 g/mol. The molecule has 0 unspecified atom stereocenters. The summed E-state index contributed by atoms with van der Waals surface area (Å²) in [7, 11) is 0. The van der Waals surface area contributed by atoms with Crippen LogP contribution in [0, 0.1) is 0 Å². The lowest BCUT2D eigenvalue weighted by Crippen LogP contribution is -2.20. The number of aromatic nitrogens is 6. The number of nitrogens with one attached hydrogen (secondary N) is 3. The minimum absolute atomic E-state index is 0.819. The van der Waals surface area contributed by atoms with Gasteiger partial charge in [0, 0.05) is 35.3 Å². The highest BCUT2D eigenvalue weighted by atomic mass is 15.1. The first-order chi connectivity index (χ1) is 14.9. The number of nitrogens with zero attached hydrogens (tertiary/aromatic N) is 4. The fraction of sp³-hybridized carbons (Fsp3) is 0.130. The zero-order valence-electron chi connectivity index (χ0n) is 16.2. The zero-order chi connectivity index (χ0) is 19.9. The second kappa shape index (κ2) is 6.89. The van der Waals surface area contributed by atoms with Gasteiger partial charge in [0.25, 0.3) is 0 Å². The topological polar surface area (TPSA) is 95.2 Å². The van der Waals surface area contributed by atoms with Crippen LogP contribution in [0.4, 0.5) is 0 Å². The second-order valence-electron chi connectivity index (χ2n) is 7.39. The molecule has 0 atom stereocenters. The SMILES string of the molecule is C1=C(c2cc3c(-c4cc5c(-c6ccccn6)ccnc5[nH]4)n[nH]c3cn2)CCNC1. The van der Waals surface area contributed by atoms with E-state index in [9.17, 15) is 0 Å². The standard InChI is InChI=1S/C23H19N7/c1-2-7-25-18(3-1)15-6-10-26-23-16(15)11-20(28-23)22-17-12-19(14-4-8-24-9-5-14)27-13-21(17)29-30-22/h1-4,6-7,10-13,24H,5,8-9H2,(H,26,28)(H,29,30). The molecule has 0 spiro atoms. The molecule has 7 heteroatoms. The molecule has 6 heterocycles. The normalized spacial score (nSPS) is 14.3. The Morgan fingerprint density at radius 3 is 2.77 bits per heavy atom. The molecular formula is C23H19N7. The van der Waals surface area contributed by atoms with E-state index in [1.165, 1.54) is 5.57 Å². The quantitative estimate of drug-likeness (QED) is 0.432. The van der Waals surface area contributed by atoms with Crippen LogP contribution in [0.15, 0.2) is 61.1 Å². The lowest BCUT2D eigenvalue weighted by Gasteiger charge is -2.13. The van der Waals surface area contributed by atoms with Crippen molar-refractivity contribution in [1.29, 1.82) is 0 Å². The van der Waals surface area contributed by atoms with Crippen LogP contribution in [0.25, 0.3) is 50.2 Å². The monoisotopic (exact) mass is 393 g/mol. The fourth-order valence-corrected chi connectivity index (χ4v) is 4.05. The number of hydrogen-bond acceptors (Lipinski definition) is 5. The molecule has 0 fully saturated rings. The molecule has 0 amide bonds. The van der Waals surface area contributed by atoms with Crippen LogP contribution >= 0.6 is 0 Å². The first-order valence-electron chi connectivity index (χ1n) is 10.0. The Labute approximate surface area is 172 Å². The molecule has 1 aliphatic rings. The molecule has 30 heavy (non-hydrogen) atoms. The number of H-pyrrole nitrogens is 2. The van der Waals surface area contributed by atoms with Crippen molar-refractivity contribution in [3.63, 3.8) is 0 Å². The highest BCUT2D eigenvalue weighted by Crippen LogP contribution is 2.33. The molecule has 6 rings (SSSR count). The number of rotatable bonds is 3. The number of fused-ring (bicyclic) bond motifs is 2. The molecular weight excluding hydrogens is 374 g/mol. The van der Waals surface area contributed by atoms with Crippen molar-refractivity contribution >= 4 is 27.5 Å². The summed E-state index contributed by atoms with van der Waals surface area (Å²) >= 11 is 0. The van der Waals surface area contributed by atoms with Gasteiger partial charge in [-0.2, -0.15) is 5.10 Å². The summed E-state index contributed by atoms with van der Waals surface area (Å²) in [5.74, 6) is 0. The van der Waals surface area contributed by atoms with Crippen molar-refractivity contribution in [2.24, 2.45) is 0 Å². The molecule has 146 valence electrons. The van der Waals surface area contributed by atoms with E-state index in [4.69, 9.17) is 0 Å². The largest absolute Gasteiger partial charge is 0.338 e. The van der Waals surface area contributed by atoms with Crippen LogP contribution < -0.4 is 5.32 Å². The fourth-order valence-electron chi connectivity index (χ4n) is 4.05. The molecule has 0 radical (unpaired) electrons. The Morgan fingerprint density at radius 2 is 1.90 bits per heavy atom. The van der Waals surface area contributed by atoms with E-state index in [0.717, 1.165) is 69.8 Å². The maximum Gasteiger partial charge on any atom is 0.138 e. The lowest BCUT2D eigenvalue weighted by atomic mass is 10.0. The van der Waals surface area contributed by atoms with E-state index in [1.54, 1.807) is 12.4 Å². The van der Waals surface area contributed by atoms with Gasteiger partial charge in [-0.1, -0.05) is 12.1 Å². The van der Waals surface area contributed by atoms with Crippen molar-refractivity contribution in [2.45, 2.75) is 6.42 Å². The van der Waals surface area contributed by atoms with Crippen molar-refractivity contribution in [1.82, 2.24) is 35.5 Å². The smallest absolute Gasteiger partial charge is 0.138 e. The van der Waals surface area contributed by atoms with Crippen molar-refractivity contribution in [3.05, 3.63) is 66.8 Å². The van der Waals surface area contributed by atoms with Crippen LogP contribution in [0.1, 0.15) is 12.1 Å². The van der Waals surface area contributed by atoms with Crippen LogP contribution in [0.2, 0.25) is 0 Å². The maximum absolute atomic E-state index is 4.64. The molecule has 0 aromatic carbocycles. The van der Waals surface area contributed by atoms with Gasteiger partial charge in [-0.15, -0.1) is 0 Å². The molecule has 3 N–H and O–H groups in total. The third-order valence-corrected chi connectivity index (χ3v) is 5.57. The summed E-state index contributed by atoms with van der Waals surface area (Å²) in [6.07, 6.45) is 8.67. The second-order valence-corrected chi connectivity index (χ2v) is 7.39. The Balaban J connectivity index is 1.50. The van der Waals surface area contributed by atoms with Gasteiger partial charge in [0.1, 0.15) is 11.3 Å². The van der Waals surface area contributed by atoms with Gasteiger partial charge in [0.05, 0.1) is 28.8 Å². The Morgan fingerprint density at radius 1 is 0.900 bits per heavy atom. The number of aromatic amines is 2. The van der Waals surface area contributed by atoms with Crippen LogP contribution in [-0.4, -0.2) is 43.2 Å². The average Bonchev–Trinajstić information content (AvgIpc) is 3.43. The lowest BCUT2D eigenvalue weighted by molar-refractivity contribution is 0.737. The number of hydrogen-bond donors (Lipinski definition) is 3. The summed E-state index contributed by atoms with van der Waals surface area (Å²) in [6.45, 7) is 1.87. The van der Waals surface area contributed by atoms with E-state index in [-0.39, 0.29) is 0 Å². The summed E-state index contributed by atoms with van der Waals surface area (Å²) in [5.41, 5.74) is 7.78. The molecule has 0 saturated carbocycles. The van der Waals surface area contributed by atoms with E-state index in [0.29, 0.717) is 0 Å². The molecule has 5 aromatic rings. The molecule has 0 saturated heterocycles. The van der Waals surface area contributed by atoms with Gasteiger partial charge >= 0.3 is 0 Å². The summed E-state index contributed by atoms with van der Waals surface area (Å²) < 4.78 is 0. The third kappa shape index (κ3) is 2.79. The Hall–Kier alpha value is -3.84. The van der Waals surface area contributed by atoms with Gasteiger partial charge in [-0.05, 0) is 48.9 Å². The molecule has 0 bridgehead atoms. The summed E-state index contributed by atoms with van der Waals surface area (Å²) in [4.78, 5) is 17.1. The predicted octanol–water partition coefficient (Wildman–Crippen LogP) is 3.94. The maximum atomic E-state index is 4.64. The van der Waals surface area contributed by atoms with Crippen LogP contribution in [-0.2, 0) is 0 Å². The van der Waals surface area contributed by atoms with Crippen molar-refractivity contribution in [2.75, 3.05) is 13.1 Å². The highest BCUT2D eigenvalue weighted by Gasteiger charge is 2.16. The van der Waals surface area contributed by atoms with E-state index in [2.05, 4.69) is 53.7 Å². The van der Waals surface area contributed by atoms with Crippen LogP contribution in [0.5, 0.6) is 0 Å². The number of pyridine rings is 3. The summed E-state index contributed by atoms with van der Waals surface area (Å²) in [6, 6.07) is 12.2. The van der Waals surface area contributed by atoms with E-state index < -0.39 is 0 Å². The first-order valence-corrected chi connectivity index (χ1v) is 10.0. The minimum atomic E-state index is 0.819. The van der Waals surface area contributed by atoms with Crippen molar-refractivity contribution in [3.8, 4) is 22.6 Å². The van der Waals surface area contributed by atoms with Gasteiger partial charge in [0.15, 0.2) is 0 Å². The predicted molar refractivity (Wildman–Crippen MR) is 118 cm³/mol. The zero-order valence-corrected chi connectivity index (χ0v) is 16.2. The Bertz CT molecular complexity index is 1400. The molecule has 7 nitrogen and oxygen atoms in total. The first kappa shape index (κ1) is 17.1. The van der Waals surface area contributed by atoms with E-state index >= 15 is 0 Å². The highest BCUT2D eigenvalue weighted by molar-refractivity contribution is 5.99.